The highest BCUT2D eigenvalue weighted by Crippen LogP contribution is 2.08. The average Bonchev–Trinajstić information content (AvgIpc) is 3.43. The second-order valence-corrected chi connectivity index (χ2v) is 6.52. The van der Waals surface area contributed by atoms with Crippen LogP contribution >= 0.6 is 24.0 Å². The highest BCUT2D eigenvalue weighted by atomic mass is 127. The number of furan rings is 1. The molecule has 0 aliphatic rings. The number of nitrogens with one attached hydrogen (secondary N) is 2. The van der Waals surface area contributed by atoms with E-state index in [2.05, 4.69) is 50.8 Å². The Labute approximate surface area is 194 Å². The van der Waals surface area contributed by atoms with Gasteiger partial charge in [-0.1, -0.05) is 24.3 Å². The molecule has 1 aromatic carbocycles. The maximum absolute atomic E-state index is 5.60. The van der Waals surface area contributed by atoms with Crippen molar-refractivity contribution in [3.63, 3.8) is 0 Å². The van der Waals surface area contributed by atoms with Crippen molar-refractivity contribution in [3.05, 3.63) is 72.2 Å². The molecule has 0 saturated heterocycles. The van der Waals surface area contributed by atoms with Crippen LogP contribution in [0.25, 0.3) is 0 Å². The number of guanidine groups is 1. The van der Waals surface area contributed by atoms with E-state index in [0.717, 1.165) is 36.8 Å². The number of halogens is 1. The standard InChI is InChI=1S/C21H28N6O2.HI/c1-2-23-21(24-9-5-10-28-15-20-8-4-11-29-20)25-13-18-6-3-7-19(12-18)14-27-17-22-16-26-27;/h3-4,6-8,11-12,16-17H,2,5,9-10,13-15H2,1H3,(H2,23,24,25);1H. The van der Waals surface area contributed by atoms with Gasteiger partial charge in [0.05, 0.1) is 19.4 Å². The predicted molar refractivity (Wildman–Crippen MR) is 127 cm³/mol. The van der Waals surface area contributed by atoms with E-state index < -0.39 is 0 Å². The third-order valence-electron chi connectivity index (χ3n) is 4.15. The third-order valence-corrected chi connectivity index (χ3v) is 4.15. The second-order valence-electron chi connectivity index (χ2n) is 6.52. The average molecular weight is 524 g/mol. The van der Waals surface area contributed by atoms with Crippen LogP contribution in [0.2, 0.25) is 0 Å². The molecule has 0 bridgehead atoms. The summed E-state index contributed by atoms with van der Waals surface area (Å²) in [5, 5.41) is 10.8. The molecule has 0 aliphatic carbocycles. The molecule has 0 fully saturated rings. The number of hydrogen-bond donors (Lipinski definition) is 2. The summed E-state index contributed by atoms with van der Waals surface area (Å²) in [5.74, 6) is 1.65. The molecule has 8 nitrogen and oxygen atoms in total. The molecule has 2 heterocycles. The molecule has 2 aromatic heterocycles. The predicted octanol–water partition coefficient (Wildman–Crippen LogP) is 3.20. The molecule has 3 aromatic rings. The van der Waals surface area contributed by atoms with E-state index >= 15 is 0 Å². The van der Waals surface area contributed by atoms with Crippen LogP contribution in [0.3, 0.4) is 0 Å². The van der Waals surface area contributed by atoms with Crippen LogP contribution in [0, 0.1) is 0 Å². The van der Waals surface area contributed by atoms with Gasteiger partial charge in [-0.15, -0.1) is 24.0 Å². The molecule has 162 valence electrons. The SMILES string of the molecule is CCNC(=NCc1cccc(Cn2cncn2)c1)NCCCOCc1ccco1.I. The molecule has 0 unspecified atom stereocenters. The molecule has 0 saturated carbocycles. The van der Waals surface area contributed by atoms with Crippen molar-refractivity contribution >= 4 is 29.9 Å². The Balaban J connectivity index is 0.00000320. The van der Waals surface area contributed by atoms with E-state index in [4.69, 9.17) is 9.15 Å². The molecular formula is C21H29IN6O2. The number of benzene rings is 1. The number of ether oxygens (including phenoxy) is 1. The van der Waals surface area contributed by atoms with Crippen LogP contribution < -0.4 is 10.6 Å². The van der Waals surface area contributed by atoms with E-state index in [0.29, 0.717) is 26.3 Å². The monoisotopic (exact) mass is 524 g/mol. The topological polar surface area (TPSA) is 89.5 Å². The van der Waals surface area contributed by atoms with Gasteiger partial charge >= 0.3 is 0 Å². The van der Waals surface area contributed by atoms with Gasteiger partial charge in [0, 0.05) is 19.7 Å². The summed E-state index contributed by atoms with van der Waals surface area (Å²) >= 11 is 0. The summed E-state index contributed by atoms with van der Waals surface area (Å²) in [6.07, 6.45) is 5.81. The van der Waals surface area contributed by atoms with Crippen molar-refractivity contribution in [2.45, 2.75) is 33.0 Å². The quantitative estimate of drug-likeness (QED) is 0.173. The van der Waals surface area contributed by atoms with E-state index in [1.54, 1.807) is 18.9 Å². The molecule has 0 atom stereocenters. The highest BCUT2D eigenvalue weighted by molar-refractivity contribution is 14.0. The lowest BCUT2D eigenvalue weighted by molar-refractivity contribution is 0.105. The Morgan fingerprint density at radius 2 is 2.10 bits per heavy atom. The minimum absolute atomic E-state index is 0. The molecular weight excluding hydrogens is 495 g/mol. The van der Waals surface area contributed by atoms with Gasteiger partial charge in [0.1, 0.15) is 25.0 Å². The maximum Gasteiger partial charge on any atom is 0.191 e. The lowest BCUT2D eigenvalue weighted by Crippen LogP contribution is -2.38. The number of nitrogens with zero attached hydrogens (tertiary/aromatic N) is 4. The minimum Gasteiger partial charge on any atom is -0.467 e. The number of aromatic nitrogens is 3. The van der Waals surface area contributed by atoms with Crippen molar-refractivity contribution in [1.82, 2.24) is 25.4 Å². The van der Waals surface area contributed by atoms with Crippen LogP contribution in [0.15, 0.2) is 64.7 Å². The van der Waals surface area contributed by atoms with Crippen molar-refractivity contribution < 1.29 is 9.15 Å². The summed E-state index contributed by atoms with van der Waals surface area (Å²) in [6, 6.07) is 12.1. The Morgan fingerprint density at radius 3 is 2.87 bits per heavy atom. The van der Waals surface area contributed by atoms with E-state index in [1.165, 1.54) is 5.56 Å². The molecule has 2 N–H and O–H groups in total. The molecule has 30 heavy (non-hydrogen) atoms. The van der Waals surface area contributed by atoms with Crippen molar-refractivity contribution in [3.8, 4) is 0 Å². The molecule has 3 rings (SSSR count). The van der Waals surface area contributed by atoms with E-state index in [1.807, 2.05) is 22.9 Å². The first-order valence-electron chi connectivity index (χ1n) is 9.86. The largest absolute Gasteiger partial charge is 0.467 e. The molecule has 0 amide bonds. The fourth-order valence-electron chi connectivity index (χ4n) is 2.79. The summed E-state index contributed by atoms with van der Waals surface area (Å²) < 4.78 is 12.7. The van der Waals surface area contributed by atoms with Gasteiger partial charge < -0.3 is 19.8 Å². The highest BCUT2D eigenvalue weighted by Gasteiger charge is 2.01. The fourth-order valence-corrected chi connectivity index (χ4v) is 2.79. The number of aliphatic imine (C=N–C) groups is 1. The van der Waals surface area contributed by atoms with Gasteiger partial charge in [-0.25, -0.2) is 14.7 Å². The van der Waals surface area contributed by atoms with Crippen molar-refractivity contribution in [2.75, 3.05) is 19.7 Å². The van der Waals surface area contributed by atoms with E-state index in [9.17, 15) is 0 Å². The van der Waals surface area contributed by atoms with Gasteiger partial charge in [0.2, 0.25) is 0 Å². The Bertz CT molecular complexity index is 852. The Morgan fingerprint density at radius 1 is 1.20 bits per heavy atom. The fraction of sp³-hybridized carbons (Fsp3) is 0.381. The second kappa shape index (κ2) is 13.8. The van der Waals surface area contributed by atoms with Gasteiger partial charge in [-0.3, -0.25) is 0 Å². The van der Waals surface area contributed by atoms with Crippen molar-refractivity contribution in [2.24, 2.45) is 4.99 Å². The number of rotatable bonds is 11. The summed E-state index contributed by atoms with van der Waals surface area (Å²) in [7, 11) is 0. The van der Waals surface area contributed by atoms with Crippen LogP contribution in [-0.2, 0) is 24.4 Å². The summed E-state index contributed by atoms with van der Waals surface area (Å²) in [4.78, 5) is 8.66. The van der Waals surface area contributed by atoms with Crippen LogP contribution in [0.4, 0.5) is 0 Å². The van der Waals surface area contributed by atoms with E-state index in [-0.39, 0.29) is 24.0 Å². The zero-order valence-electron chi connectivity index (χ0n) is 17.2. The molecule has 0 aliphatic heterocycles. The minimum atomic E-state index is 0. The van der Waals surface area contributed by atoms with Gasteiger partial charge in [-0.05, 0) is 36.6 Å². The summed E-state index contributed by atoms with van der Waals surface area (Å²) in [6.45, 7) is 6.14. The smallest absolute Gasteiger partial charge is 0.191 e. The zero-order chi connectivity index (χ0) is 20.2. The van der Waals surface area contributed by atoms with Crippen molar-refractivity contribution in [1.29, 1.82) is 0 Å². The normalized spacial score (nSPS) is 11.2. The molecule has 9 heteroatoms. The van der Waals surface area contributed by atoms with Crippen LogP contribution in [0.5, 0.6) is 0 Å². The number of hydrogen-bond acceptors (Lipinski definition) is 5. The van der Waals surface area contributed by atoms with Crippen LogP contribution in [-0.4, -0.2) is 40.4 Å². The summed E-state index contributed by atoms with van der Waals surface area (Å²) in [5.41, 5.74) is 2.33. The zero-order valence-corrected chi connectivity index (χ0v) is 19.5. The lowest BCUT2D eigenvalue weighted by atomic mass is 10.1. The molecule has 0 radical (unpaired) electrons. The van der Waals surface area contributed by atoms with Gasteiger partial charge in [0.15, 0.2) is 5.96 Å². The first-order chi connectivity index (χ1) is 14.3. The van der Waals surface area contributed by atoms with Gasteiger partial charge in [0.25, 0.3) is 0 Å². The maximum atomic E-state index is 5.60. The third kappa shape index (κ3) is 8.54. The first-order valence-corrected chi connectivity index (χ1v) is 9.86. The molecule has 0 spiro atoms. The van der Waals surface area contributed by atoms with Gasteiger partial charge in [-0.2, -0.15) is 5.10 Å². The lowest BCUT2D eigenvalue weighted by Gasteiger charge is -2.11. The van der Waals surface area contributed by atoms with Crippen LogP contribution in [0.1, 0.15) is 30.2 Å². The Kier molecular flexibility index (Phi) is 10.9. The Hall–Kier alpha value is -2.40. The first kappa shape index (κ1) is 23.9.